The van der Waals surface area contributed by atoms with Crippen LogP contribution in [0.25, 0.3) is 0 Å². The zero-order valence-corrected chi connectivity index (χ0v) is 11.6. The third-order valence-corrected chi connectivity index (χ3v) is 3.01. The van der Waals surface area contributed by atoms with Crippen molar-refractivity contribution in [2.24, 2.45) is 0 Å². The highest BCUT2D eigenvalue weighted by atomic mass is 32.1. The molecule has 0 saturated heterocycles. The van der Waals surface area contributed by atoms with Crippen LogP contribution in [0.4, 0.5) is 0 Å². The van der Waals surface area contributed by atoms with Gasteiger partial charge >= 0.3 is 0 Å². The van der Waals surface area contributed by atoms with Gasteiger partial charge in [0.1, 0.15) is 11.9 Å². The monoisotopic (exact) mass is 277 g/mol. The second-order valence-electron chi connectivity index (χ2n) is 4.24. The third kappa shape index (κ3) is 4.03. The fraction of sp³-hybridized carbons (Fsp3) is 0.308. The largest absolute Gasteiger partial charge is 0.489 e. The number of rotatable bonds is 5. The molecule has 0 aliphatic heterocycles. The Morgan fingerprint density at radius 3 is 2.79 bits per heavy atom. The van der Waals surface area contributed by atoms with Crippen molar-refractivity contribution in [1.29, 1.82) is 0 Å². The van der Waals surface area contributed by atoms with Crippen LogP contribution >= 0.6 is 11.5 Å². The molecule has 1 unspecified atom stereocenters. The van der Waals surface area contributed by atoms with Gasteiger partial charge in [-0.05, 0) is 37.5 Å². The van der Waals surface area contributed by atoms with Gasteiger partial charge in [0.15, 0.2) is 5.69 Å². The van der Waals surface area contributed by atoms with Gasteiger partial charge in [-0.3, -0.25) is 4.79 Å². The number of amides is 1. The lowest BCUT2D eigenvalue weighted by Gasteiger charge is -2.15. The maximum absolute atomic E-state index is 11.6. The Morgan fingerprint density at radius 2 is 2.16 bits per heavy atom. The lowest BCUT2D eigenvalue weighted by Crippen LogP contribution is -2.33. The van der Waals surface area contributed by atoms with E-state index in [-0.39, 0.29) is 12.0 Å². The van der Waals surface area contributed by atoms with Gasteiger partial charge in [-0.25, -0.2) is 0 Å². The number of carbonyl (C=O) groups is 1. The van der Waals surface area contributed by atoms with Crippen LogP contribution in [0.3, 0.4) is 0 Å². The number of hydrogen-bond donors (Lipinski definition) is 1. The van der Waals surface area contributed by atoms with Gasteiger partial charge in [0.25, 0.3) is 5.91 Å². The topological polar surface area (TPSA) is 64.1 Å². The molecule has 0 radical (unpaired) electrons. The second-order valence-corrected chi connectivity index (χ2v) is 4.85. The van der Waals surface area contributed by atoms with Crippen molar-refractivity contribution in [1.82, 2.24) is 14.9 Å². The van der Waals surface area contributed by atoms with Crippen LogP contribution in [0.5, 0.6) is 5.75 Å². The van der Waals surface area contributed by atoms with Crippen LogP contribution in [0.1, 0.15) is 23.0 Å². The highest BCUT2D eigenvalue weighted by molar-refractivity contribution is 7.03. The van der Waals surface area contributed by atoms with Gasteiger partial charge in [0.2, 0.25) is 0 Å². The summed E-state index contributed by atoms with van der Waals surface area (Å²) in [5, 5.41) is 8.07. The van der Waals surface area contributed by atoms with Crippen LogP contribution < -0.4 is 10.1 Å². The molecular weight excluding hydrogens is 262 g/mol. The Bertz CT molecular complexity index is 525. The van der Waals surface area contributed by atoms with Crippen LogP contribution in [0.2, 0.25) is 0 Å². The molecule has 0 saturated carbocycles. The summed E-state index contributed by atoms with van der Waals surface area (Å²) in [5.74, 6) is 0.566. The Balaban J connectivity index is 1.80. The number of hydrogen-bond acceptors (Lipinski definition) is 5. The van der Waals surface area contributed by atoms with E-state index in [4.69, 9.17) is 4.74 Å². The van der Waals surface area contributed by atoms with Crippen molar-refractivity contribution >= 4 is 17.4 Å². The fourth-order valence-electron chi connectivity index (χ4n) is 1.48. The summed E-state index contributed by atoms with van der Waals surface area (Å²) in [6.07, 6.45) is -0.113. The molecule has 1 amide bonds. The molecule has 0 spiro atoms. The molecule has 0 bridgehead atoms. The van der Waals surface area contributed by atoms with Crippen molar-refractivity contribution in [3.63, 3.8) is 0 Å². The highest BCUT2D eigenvalue weighted by Crippen LogP contribution is 2.13. The Labute approximate surface area is 115 Å². The number of nitrogens with zero attached hydrogens (tertiary/aromatic N) is 2. The Morgan fingerprint density at radius 1 is 1.42 bits per heavy atom. The molecule has 0 aliphatic carbocycles. The Hall–Kier alpha value is -1.95. The standard InChI is InChI=1S/C13H15N3O2S/c1-9-3-5-11(6-4-9)18-10(2)7-14-13(17)12-8-19-16-15-12/h3-6,8,10H,7H2,1-2H3,(H,14,17). The molecule has 5 nitrogen and oxygen atoms in total. The quantitative estimate of drug-likeness (QED) is 0.908. The predicted octanol–water partition coefficient (Wildman–Crippen LogP) is 2.04. The van der Waals surface area contributed by atoms with Gasteiger partial charge in [-0.2, -0.15) is 0 Å². The molecule has 1 N–H and O–H groups in total. The van der Waals surface area contributed by atoms with Gasteiger partial charge in [0, 0.05) is 5.38 Å². The lowest BCUT2D eigenvalue weighted by molar-refractivity contribution is 0.0927. The van der Waals surface area contributed by atoms with E-state index in [2.05, 4.69) is 14.9 Å². The minimum atomic E-state index is -0.229. The molecule has 0 fully saturated rings. The number of carbonyl (C=O) groups excluding carboxylic acids is 1. The minimum Gasteiger partial charge on any atom is -0.489 e. The molecule has 1 heterocycles. The average molecular weight is 277 g/mol. The molecule has 2 aromatic rings. The summed E-state index contributed by atoms with van der Waals surface area (Å²) in [4.78, 5) is 11.6. The van der Waals surface area contributed by atoms with Crippen LogP contribution in [-0.4, -0.2) is 28.1 Å². The predicted molar refractivity (Wildman–Crippen MR) is 73.5 cm³/mol. The third-order valence-electron chi connectivity index (χ3n) is 2.50. The normalized spacial score (nSPS) is 11.9. The maximum Gasteiger partial charge on any atom is 0.272 e. The first-order chi connectivity index (χ1) is 9.15. The Kier molecular flexibility index (Phi) is 4.46. The van der Waals surface area contributed by atoms with E-state index < -0.39 is 0 Å². The summed E-state index contributed by atoms with van der Waals surface area (Å²) in [6.45, 7) is 4.35. The zero-order valence-electron chi connectivity index (χ0n) is 10.8. The number of aryl methyl sites for hydroxylation is 1. The molecular formula is C13H15N3O2S. The van der Waals surface area contributed by atoms with E-state index in [1.165, 1.54) is 5.56 Å². The molecule has 1 aromatic carbocycles. The van der Waals surface area contributed by atoms with Gasteiger partial charge in [-0.1, -0.05) is 22.2 Å². The first-order valence-electron chi connectivity index (χ1n) is 5.94. The molecule has 0 aliphatic rings. The lowest BCUT2D eigenvalue weighted by atomic mass is 10.2. The van der Waals surface area contributed by atoms with Crippen molar-refractivity contribution in [2.75, 3.05) is 6.54 Å². The van der Waals surface area contributed by atoms with E-state index >= 15 is 0 Å². The second kappa shape index (κ2) is 6.29. The van der Waals surface area contributed by atoms with Gasteiger partial charge in [0.05, 0.1) is 6.54 Å². The molecule has 1 atom stereocenters. The number of benzene rings is 1. The van der Waals surface area contributed by atoms with E-state index in [9.17, 15) is 4.79 Å². The summed E-state index contributed by atoms with van der Waals surface area (Å²) in [6, 6.07) is 7.80. The van der Waals surface area contributed by atoms with Crippen molar-refractivity contribution in [3.8, 4) is 5.75 Å². The van der Waals surface area contributed by atoms with E-state index in [1.54, 1.807) is 5.38 Å². The fourth-order valence-corrected chi connectivity index (χ4v) is 1.92. The van der Waals surface area contributed by atoms with Crippen LogP contribution in [0, 0.1) is 6.92 Å². The summed E-state index contributed by atoms with van der Waals surface area (Å²) in [5.41, 5.74) is 1.52. The van der Waals surface area contributed by atoms with Gasteiger partial charge < -0.3 is 10.1 Å². The molecule has 100 valence electrons. The number of nitrogens with one attached hydrogen (secondary N) is 1. The van der Waals surface area contributed by atoms with E-state index in [0.29, 0.717) is 12.2 Å². The van der Waals surface area contributed by atoms with Gasteiger partial charge in [-0.15, -0.1) is 5.10 Å². The summed E-state index contributed by atoms with van der Waals surface area (Å²) in [7, 11) is 0. The van der Waals surface area contributed by atoms with Crippen molar-refractivity contribution in [3.05, 3.63) is 40.9 Å². The first kappa shape index (κ1) is 13.5. The van der Waals surface area contributed by atoms with E-state index in [1.807, 2.05) is 38.1 Å². The number of aromatic nitrogens is 2. The first-order valence-corrected chi connectivity index (χ1v) is 6.77. The minimum absolute atomic E-state index is 0.113. The molecule has 2 rings (SSSR count). The zero-order chi connectivity index (χ0) is 13.7. The summed E-state index contributed by atoms with van der Waals surface area (Å²) >= 11 is 1.15. The SMILES string of the molecule is Cc1ccc(OC(C)CNC(=O)c2csnn2)cc1. The number of ether oxygens (including phenoxy) is 1. The smallest absolute Gasteiger partial charge is 0.272 e. The highest BCUT2D eigenvalue weighted by Gasteiger charge is 2.10. The van der Waals surface area contributed by atoms with Crippen molar-refractivity contribution < 1.29 is 9.53 Å². The van der Waals surface area contributed by atoms with Crippen LogP contribution in [-0.2, 0) is 0 Å². The maximum atomic E-state index is 11.6. The van der Waals surface area contributed by atoms with Crippen LogP contribution in [0.15, 0.2) is 29.6 Å². The summed E-state index contributed by atoms with van der Waals surface area (Å²) < 4.78 is 9.33. The molecule has 1 aromatic heterocycles. The molecule has 6 heteroatoms. The average Bonchev–Trinajstić information content (AvgIpc) is 2.93. The van der Waals surface area contributed by atoms with Crippen molar-refractivity contribution in [2.45, 2.75) is 20.0 Å². The molecule has 19 heavy (non-hydrogen) atoms. The van der Waals surface area contributed by atoms with E-state index in [0.717, 1.165) is 17.3 Å².